The van der Waals surface area contributed by atoms with E-state index in [2.05, 4.69) is 5.32 Å². The Balaban J connectivity index is 0.000000371. The molecule has 10 heavy (non-hydrogen) atoms. The van der Waals surface area contributed by atoms with Gasteiger partial charge < -0.3 is 5.32 Å². The zero-order chi connectivity index (χ0) is 7.98. The van der Waals surface area contributed by atoms with Crippen LogP contribution < -0.4 is 5.32 Å². The lowest BCUT2D eigenvalue weighted by atomic mass is 9.92. The average Bonchev–Trinajstić information content (AvgIpc) is 1.91. The highest BCUT2D eigenvalue weighted by atomic mass is 14.8. The third-order valence-corrected chi connectivity index (χ3v) is 1.05. The Bertz CT molecular complexity index is 147. The van der Waals surface area contributed by atoms with E-state index in [1.54, 1.807) is 0 Å². The summed E-state index contributed by atoms with van der Waals surface area (Å²) in [5.41, 5.74) is 2.10. The molecule has 0 fully saturated rings. The minimum atomic E-state index is 0.789. The first-order valence-electron chi connectivity index (χ1n) is 3.65. The summed E-state index contributed by atoms with van der Waals surface area (Å²) >= 11 is 0. The molecule has 0 amide bonds. The van der Waals surface area contributed by atoms with Gasteiger partial charge in [-0.2, -0.15) is 0 Å². The van der Waals surface area contributed by atoms with Crippen LogP contribution in [-0.2, 0) is 0 Å². The summed E-state index contributed by atoms with van der Waals surface area (Å²) in [7, 11) is 5.48. The number of nitrogens with one attached hydrogen (secondary N) is 1. The summed E-state index contributed by atoms with van der Waals surface area (Å²) in [5.74, 6) is 0. The van der Waals surface area contributed by atoms with Crippen LogP contribution in [0.25, 0.3) is 0 Å². The van der Waals surface area contributed by atoms with Gasteiger partial charge in [0.1, 0.15) is 7.85 Å². The van der Waals surface area contributed by atoms with Crippen LogP contribution in [0, 0.1) is 0 Å². The van der Waals surface area contributed by atoms with E-state index in [-0.39, 0.29) is 0 Å². The summed E-state index contributed by atoms with van der Waals surface area (Å²) in [4.78, 5) is 0. The molecule has 2 heteroatoms. The molecule has 0 aromatic carbocycles. The lowest BCUT2D eigenvalue weighted by molar-refractivity contribution is 0.941. The molecule has 0 saturated heterocycles. The van der Waals surface area contributed by atoms with Crippen LogP contribution in [0.3, 0.4) is 0 Å². The minimum absolute atomic E-state index is 0.789. The fourth-order valence-electron chi connectivity index (χ4n) is 0.715. The van der Waals surface area contributed by atoms with Crippen molar-refractivity contribution in [1.29, 1.82) is 0 Å². The van der Waals surface area contributed by atoms with E-state index in [4.69, 9.17) is 7.85 Å². The van der Waals surface area contributed by atoms with E-state index in [9.17, 15) is 0 Å². The number of hydrogen-bond acceptors (Lipinski definition) is 1. The molecule has 0 aromatic rings. The zero-order valence-electron chi connectivity index (χ0n) is 6.94. The van der Waals surface area contributed by atoms with Crippen molar-refractivity contribution in [2.75, 3.05) is 6.54 Å². The van der Waals surface area contributed by atoms with Gasteiger partial charge in [-0.05, 0) is 18.7 Å². The van der Waals surface area contributed by atoms with E-state index in [1.165, 1.54) is 5.57 Å². The van der Waals surface area contributed by atoms with Crippen molar-refractivity contribution >= 4 is 7.85 Å². The average molecular weight is 135 g/mol. The van der Waals surface area contributed by atoms with Gasteiger partial charge in [-0.25, -0.2) is 0 Å². The molecule has 0 saturated carbocycles. The smallest absolute Gasteiger partial charge is 0.110 e. The van der Waals surface area contributed by atoms with Gasteiger partial charge in [0.05, 0.1) is 0 Å². The molecular weight excluding hydrogens is 121 g/mol. The van der Waals surface area contributed by atoms with E-state index in [1.807, 2.05) is 33.0 Å². The maximum absolute atomic E-state index is 5.48. The lowest BCUT2D eigenvalue weighted by Gasteiger charge is -2.08. The van der Waals surface area contributed by atoms with Crippen molar-refractivity contribution in [3.05, 3.63) is 23.3 Å². The van der Waals surface area contributed by atoms with E-state index in [0.29, 0.717) is 0 Å². The third-order valence-electron chi connectivity index (χ3n) is 1.05. The molecule has 1 nitrogen and oxygen atoms in total. The molecule has 0 bridgehead atoms. The first-order chi connectivity index (χ1) is 4.79. The molecule has 1 heterocycles. The molecule has 1 N–H and O–H groups in total. The van der Waals surface area contributed by atoms with Crippen LogP contribution in [0.4, 0.5) is 0 Å². The molecule has 0 atom stereocenters. The highest BCUT2D eigenvalue weighted by Crippen LogP contribution is 2.00. The Morgan fingerprint density at radius 3 is 2.40 bits per heavy atom. The molecular formula is C8H14BN. The topological polar surface area (TPSA) is 12.0 Å². The molecule has 54 valence electrons. The van der Waals surface area contributed by atoms with Gasteiger partial charge in [0, 0.05) is 6.54 Å². The highest BCUT2D eigenvalue weighted by molar-refractivity contribution is 6.22. The molecule has 1 rings (SSSR count). The van der Waals surface area contributed by atoms with Gasteiger partial charge >= 0.3 is 0 Å². The van der Waals surface area contributed by atoms with Gasteiger partial charge in [-0.15, -0.1) is 0 Å². The first-order valence-corrected chi connectivity index (χ1v) is 3.65. The Morgan fingerprint density at radius 1 is 1.50 bits per heavy atom. The van der Waals surface area contributed by atoms with Gasteiger partial charge in [-0.1, -0.05) is 25.4 Å². The van der Waals surface area contributed by atoms with Gasteiger partial charge in [-0.3, -0.25) is 0 Å². The molecule has 2 radical (unpaired) electrons. The number of rotatable bonds is 0. The second-order valence-corrected chi connectivity index (χ2v) is 1.99. The van der Waals surface area contributed by atoms with Crippen molar-refractivity contribution in [3.8, 4) is 0 Å². The van der Waals surface area contributed by atoms with E-state index < -0.39 is 0 Å². The normalized spacial score (nSPS) is 15.5. The van der Waals surface area contributed by atoms with Crippen LogP contribution in [0.5, 0.6) is 0 Å². The van der Waals surface area contributed by atoms with Crippen LogP contribution in [-0.4, -0.2) is 14.4 Å². The lowest BCUT2D eigenvalue weighted by Crippen LogP contribution is -2.14. The molecule has 1 aliphatic rings. The van der Waals surface area contributed by atoms with Crippen molar-refractivity contribution in [3.63, 3.8) is 0 Å². The number of allylic oxidation sites excluding steroid dienone is 2. The molecule has 0 aromatic heterocycles. The molecule has 0 spiro atoms. The fraction of sp³-hybridized carbons (Fsp3) is 0.500. The Morgan fingerprint density at radius 2 is 2.10 bits per heavy atom. The van der Waals surface area contributed by atoms with Crippen molar-refractivity contribution in [2.24, 2.45) is 0 Å². The van der Waals surface area contributed by atoms with Crippen LogP contribution in [0.15, 0.2) is 23.3 Å². The van der Waals surface area contributed by atoms with E-state index >= 15 is 0 Å². The van der Waals surface area contributed by atoms with Crippen molar-refractivity contribution < 1.29 is 0 Å². The van der Waals surface area contributed by atoms with Gasteiger partial charge in [0.15, 0.2) is 0 Å². The van der Waals surface area contributed by atoms with Crippen LogP contribution in [0.2, 0.25) is 0 Å². The van der Waals surface area contributed by atoms with Gasteiger partial charge in [0.2, 0.25) is 0 Å². The molecule has 1 aliphatic heterocycles. The SMILES string of the molecule is CC.[B]C1=CC(C)=CNC1. The zero-order valence-corrected chi connectivity index (χ0v) is 6.94. The first kappa shape index (κ1) is 9.34. The largest absolute Gasteiger partial charge is 0.388 e. The Labute approximate surface area is 64.6 Å². The predicted molar refractivity (Wildman–Crippen MR) is 46.9 cm³/mol. The Kier molecular flexibility index (Phi) is 4.82. The summed E-state index contributed by atoms with van der Waals surface area (Å²) in [6.07, 6.45) is 3.92. The molecule has 0 unspecified atom stereocenters. The fourth-order valence-corrected chi connectivity index (χ4v) is 0.715. The van der Waals surface area contributed by atoms with Crippen molar-refractivity contribution in [1.82, 2.24) is 5.32 Å². The standard InChI is InChI=1S/C6H8BN.C2H6/c1-5-2-6(7)4-8-3-5;1-2/h2-3,8H,4H2,1H3;1-2H3. The number of dihydropyridines is 1. The summed E-state index contributed by atoms with van der Waals surface area (Å²) < 4.78 is 0. The maximum atomic E-state index is 5.48. The summed E-state index contributed by atoms with van der Waals surface area (Å²) in [5, 5.41) is 3.03. The second kappa shape index (κ2) is 5.16. The van der Waals surface area contributed by atoms with E-state index in [0.717, 1.165) is 12.0 Å². The number of hydrogen-bond donors (Lipinski definition) is 1. The van der Waals surface area contributed by atoms with Crippen LogP contribution >= 0.6 is 0 Å². The second-order valence-electron chi connectivity index (χ2n) is 1.99. The maximum Gasteiger partial charge on any atom is 0.110 e. The monoisotopic (exact) mass is 135 g/mol. The Hall–Kier alpha value is -0.655. The molecule has 0 aliphatic carbocycles. The predicted octanol–water partition coefficient (Wildman–Crippen LogP) is 1.57. The van der Waals surface area contributed by atoms with Crippen molar-refractivity contribution in [2.45, 2.75) is 20.8 Å². The summed E-state index contributed by atoms with van der Waals surface area (Å²) in [6, 6.07) is 0. The van der Waals surface area contributed by atoms with Gasteiger partial charge in [0.25, 0.3) is 0 Å². The summed E-state index contributed by atoms with van der Waals surface area (Å²) in [6.45, 7) is 6.80. The quantitative estimate of drug-likeness (QED) is 0.497. The third kappa shape index (κ3) is 3.39. The highest BCUT2D eigenvalue weighted by Gasteiger charge is 1.92. The van der Waals surface area contributed by atoms with Crippen LogP contribution in [0.1, 0.15) is 20.8 Å². The minimum Gasteiger partial charge on any atom is -0.388 e.